The van der Waals surface area contributed by atoms with Gasteiger partial charge in [0.05, 0.1) is 21.1 Å². The molecule has 186 valence electrons. The number of nitrogens with one attached hydrogen (secondary N) is 1. The fourth-order valence-electron chi connectivity index (χ4n) is 3.65. The first-order valence-corrected chi connectivity index (χ1v) is 12.9. The van der Waals surface area contributed by atoms with Crippen molar-refractivity contribution in [3.8, 4) is 17.6 Å². The molecule has 0 aliphatic carbocycles. The van der Waals surface area contributed by atoms with Gasteiger partial charge in [-0.2, -0.15) is 5.26 Å². The molecule has 1 amide bonds. The lowest BCUT2D eigenvalue weighted by Gasteiger charge is -2.15. The van der Waals surface area contributed by atoms with Crippen molar-refractivity contribution in [3.05, 3.63) is 104 Å². The summed E-state index contributed by atoms with van der Waals surface area (Å²) in [5, 5.41) is 15.2. The van der Waals surface area contributed by atoms with Crippen LogP contribution in [0.15, 0.2) is 82.8 Å². The molecular formula is C29H21BrCl2N2O3. The number of nitriles is 1. The maximum atomic E-state index is 12.7. The van der Waals surface area contributed by atoms with E-state index in [0.29, 0.717) is 50.5 Å². The van der Waals surface area contributed by atoms with Gasteiger partial charge < -0.3 is 14.8 Å². The quantitative estimate of drug-likeness (QED) is 0.164. The third kappa shape index (κ3) is 6.64. The number of hydrogen-bond donors (Lipinski definition) is 1. The van der Waals surface area contributed by atoms with Crippen molar-refractivity contribution in [2.24, 2.45) is 0 Å². The number of carbonyl (C=O) groups is 1. The fraction of sp³-hybridized carbons (Fsp3) is 0.103. The highest BCUT2D eigenvalue weighted by Gasteiger charge is 2.15. The van der Waals surface area contributed by atoms with Crippen LogP contribution < -0.4 is 14.8 Å². The Hall–Kier alpha value is -3.50. The molecule has 0 heterocycles. The molecule has 0 fully saturated rings. The molecule has 1 N–H and O–H groups in total. The van der Waals surface area contributed by atoms with E-state index in [0.717, 1.165) is 16.3 Å². The molecule has 8 heteroatoms. The predicted molar refractivity (Wildman–Crippen MR) is 152 cm³/mol. The molecule has 0 spiro atoms. The number of carbonyl (C=O) groups excluding carboxylic acids is 1. The first-order valence-electron chi connectivity index (χ1n) is 11.3. The van der Waals surface area contributed by atoms with Gasteiger partial charge in [0.25, 0.3) is 5.91 Å². The Labute approximate surface area is 233 Å². The molecule has 0 unspecified atom stereocenters. The number of fused-ring (bicyclic) bond motifs is 1. The lowest BCUT2D eigenvalue weighted by Crippen LogP contribution is -2.13. The number of amides is 1. The minimum atomic E-state index is -0.577. The number of benzene rings is 4. The molecule has 0 aliphatic heterocycles. The lowest BCUT2D eigenvalue weighted by molar-refractivity contribution is -0.112. The largest absolute Gasteiger partial charge is 0.490 e. The van der Waals surface area contributed by atoms with Crippen LogP contribution in [-0.2, 0) is 11.4 Å². The molecule has 37 heavy (non-hydrogen) atoms. The van der Waals surface area contributed by atoms with E-state index in [-0.39, 0.29) is 5.57 Å². The Morgan fingerprint density at radius 2 is 1.78 bits per heavy atom. The molecule has 4 aromatic carbocycles. The molecule has 0 radical (unpaired) electrons. The van der Waals surface area contributed by atoms with Crippen molar-refractivity contribution in [1.82, 2.24) is 0 Å². The third-order valence-electron chi connectivity index (χ3n) is 5.38. The molecule has 0 aromatic heterocycles. The molecule has 0 atom stereocenters. The molecule has 0 saturated heterocycles. The van der Waals surface area contributed by atoms with Crippen molar-refractivity contribution in [1.29, 1.82) is 5.26 Å². The zero-order chi connectivity index (χ0) is 26.4. The second-order valence-corrected chi connectivity index (χ2v) is 9.65. The van der Waals surface area contributed by atoms with Gasteiger partial charge in [-0.15, -0.1) is 0 Å². The second kappa shape index (κ2) is 12.2. The van der Waals surface area contributed by atoms with Gasteiger partial charge in [0.2, 0.25) is 0 Å². The van der Waals surface area contributed by atoms with Gasteiger partial charge in [-0.1, -0.05) is 59.6 Å². The highest BCUT2D eigenvalue weighted by atomic mass is 79.9. The summed E-state index contributed by atoms with van der Waals surface area (Å²) in [6.45, 7) is 2.62. The number of halogens is 3. The van der Waals surface area contributed by atoms with Crippen LogP contribution in [0.1, 0.15) is 18.1 Å². The summed E-state index contributed by atoms with van der Waals surface area (Å²) in [6, 6.07) is 24.4. The van der Waals surface area contributed by atoms with Crippen LogP contribution in [-0.4, -0.2) is 12.5 Å². The van der Waals surface area contributed by atoms with Gasteiger partial charge in [0.15, 0.2) is 11.5 Å². The highest BCUT2D eigenvalue weighted by molar-refractivity contribution is 9.10. The van der Waals surface area contributed by atoms with Crippen LogP contribution in [0.25, 0.3) is 16.8 Å². The third-order valence-corrected chi connectivity index (χ3v) is 6.71. The smallest absolute Gasteiger partial charge is 0.266 e. The molecular weight excluding hydrogens is 575 g/mol. The van der Waals surface area contributed by atoms with E-state index in [1.165, 1.54) is 12.1 Å². The van der Waals surface area contributed by atoms with E-state index in [2.05, 4.69) is 45.5 Å². The van der Waals surface area contributed by atoms with E-state index in [1.54, 1.807) is 24.3 Å². The average Bonchev–Trinajstić information content (AvgIpc) is 2.89. The standard InChI is InChI=1S/C29H21BrCl2N2O3/c1-2-36-27-14-19(12-22(16-33)29(35)34-23-9-10-25(31)26(32)15-23)13-24(30)28(27)37-17-18-7-8-20-5-3-4-6-21(20)11-18/h3-15H,2,17H2,1H3,(H,34,35)/b22-12+. The van der Waals surface area contributed by atoms with E-state index in [4.69, 9.17) is 32.7 Å². The summed E-state index contributed by atoms with van der Waals surface area (Å²) in [6.07, 6.45) is 1.48. The monoisotopic (exact) mass is 594 g/mol. The van der Waals surface area contributed by atoms with Crippen molar-refractivity contribution in [2.45, 2.75) is 13.5 Å². The number of anilines is 1. The number of rotatable bonds is 8. The SMILES string of the molecule is CCOc1cc(/C=C(\C#N)C(=O)Nc2ccc(Cl)c(Cl)c2)cc(Br)c1OCc1ccc2ccccc2c1. The van der Waals surface area contributed by atoms with Crippen LogP contribution in [0.2, 0.25) is 10.0 Å². The predicted octanol–water partition coefficient (Wildman–Crippen LogP) is 8.43. The Balaban J connectivity index is 1.56. The van der Waals surface area contributed by atoms with Crippen molar-refractivity contribution in [2.75, 3.05) is 11.9 Å². The zero-order valence-corrected chi connectivity index (χ0v) is 22.8. The fourth-order valence-corrected chi connectivity index (χ4v) is 4.52. The Kier molecular flexibility index (Phi) is 8.73. The highest BCUT2D eigenvalue weighted by Crippen LogP contribution is 2.38. The van der Waals surface area contributed by atoms with E-state index < -0.39 is 5.91 Å². The first-order chi connectivity index (χ1) is 17.9. The van der Waals surface area contributed by atoms with Crippen molar-refractivity contribution in [3.63, 3.8) is 0 Å². The zero-order valence-electron chi connectivity index (χ0n) is 19.7. The maximum Gasteiger partial charge on any atom is 0.266 e. The van der Waals surface area contributed by atoms with Gasteiger partial charge >= 0.3 is 0 Å². The minimum Gasteiger partial charge on any atom is -0.490 e. The number of ether oxygens (including phenoxy) is 2. The molecule has 0 saturated carbocycles. The summed E-state index contributed by atoms with van der Waals surface area (Å²) >= 11 is 15.5. The van der Waals surface area contributed by atoms with Gasteiger partial charge in [-0.05, 0) is 87.2 Å². The molecule has 4 aromatic rings. The van der Waals surface area contributed by atoms with Gasteiger partial charge in [0.1, 0.15) is 18.2 Å². The molecule has 0 aliphatic rings. The Morgan fingerprint density at radius 1 is 1.00 bits per heavy atom. The number of hydrogen-bond acceptors (Lipinski definition) is 4. The van der Waals surface area contributed by atoms with Crippen molar-refractivity contribution < 1.29 is 14.3 Å². The normalized spacial score (nSPS) is 11.2. The van der Waals surface area contributed by atoms with Gasteiger partial charge in [0, 0.05) is 5.69 Å². The summed E-state index contributed by atoms with van der Waals surface area (Å²) in [4.78, 5) is 12.7. The van der Waals surface area contributed by atoms with Crippen LogP contribution in [0.3, 0.4) is 0 Å². The molecule has 0 bridgehead atoms. The first kappa shape index (κ1) is 26.6. The van der Waals surface area contributed by atoms with Gasteiger partial charge in [-0.3, -0.25) is 4.79 Å². The topological polar surface area (TPSA) is 71.3 Å². The van der Waals surface area contributed by atoms with E-state index in [9.17, 15) is 10.1 Å². The van der Waals surface area contributed by atoms with Crippen LogP contribution in [0.4, 0.5) is 5.69 Å². The maximum absolute atomic E-state index is 12.7. The minimum absolute atomic E-state index is 0.0924. The van der Waals surface area contributed by atoms with Gasteiger partial charge in [-0.25, -0.2) is 0 Å². The van der Waals surface area contributed by atoms with E-state index in [1.807, 2.05) is 31.2 Å². The van der Waals surface area contributed by atoms with Crippen molar-refractivity contribution >= 4 is 67.6 Å². The second-order valence-electron chi connectivity index (χ2n) is 7.99. The number of nitrogens with zero attached hydrogens (tertiary/aromatic N) is 1. The Morgan fingerprint density at radius 3 is 2.51 bits per heavy atom. The van der Waals surface area contributed by atoms with E-state index >= 15 is 0 Å². The molecule has 5 nitrogen and oxygen atoms in total. The lowest BCUT2D eigenvalue weighted by atomic mass is 10.1. The van der Waals surface area contributed by atoms with Crippen LogP contribution in [0.5, 0.6) is 11.5 Å². The summed E-state index contributed by atoms with van der Waals surface area (Å²) in [5.74, 6) is 0.448. The van der Waals surface area contributed by atoms with Crippen LogP contribution in [0, 0.1) is 11.3 Å². The summed E-state index contributed by atoms with van der Waals surface area (Å²) in [7, 11) is 0. The summed E-state index contributed by atoms with van der Waals surface area (Å²) in [5.41, 5.74) is 1.94. The van der Waals surface area contributed by atoms with Crippen LogP contribution >= 0.6 is 39.1 Å². The average molecular weight is 596 g/mol. The Bertz CT molecular complexity index is 1550. The summed E-state index contributed by atoms with van der Waals surface area (Å²) < 4.78 is 12.6. The molecule has 4 rings (SSSR count).